The van der Waals surface area contributed by atoms with Crippen molar-refractivity contribution in [3.8, 4) is 22.6 Å². The summed E-state index contributed by atoms with van der Waals surface area (Å²) < 4.78 is 0. The van der Waals surface area contributed by atoms with Gasteiger partial charge in [0.15, 0.2) is 5.82 Å². The average molecular weight is 508 g/mol. The van der Waals surface area contributed by atoms with Crippen molar-refractivity contribution in [1.82, 2.24) is 15.0 Å². The molecule has 0 spiro atoms. The lowest BCUT2D eigenvalue weighted by molar-refractivity contribution is 1.14. The van der Waals surface area contributed by atoms with Crippen LogP contribution in [-0.4, -0.2) is 15.0 Å². The molecule has 0 atom stereocenters. The number of benzene rings is 6. The molecule has 40 heavy (non-hydrogen) atoms. The number of nitrogens with zero attached hydrogens (tertiary/aromatic N) is 3. The monoisotopic (exact) mass is 507 g/mol. The minimum atomic E-state index is 0.628. The Morgan fingerprint density at radius 1 is 0.375 bits per heavy atom. The molecule has 0 amide bonds. The highest BCUT2D eigenvalue weighted by molar-refractivity contribution is 6.37. The Balaban J connectivity index is 1.46. The molecule has 0 radical (unpaired) electrons. The Morgan fingerprint density at radius 2 is 0.925 bits per heavy atom. The number of hydrogen-bond donors (Lipinski definition) is 0. The number of fused-ring (bicyclic) bond motifs is 2. The van der Waals surface area contributed by atoms with Gasteiger partial charge in [-0.25, -0.2) is 9.97 Å². The lowest BCUT2D eigenvalue weighted by Gasteiger charge is -2.17. The van der Waals surface area contributed by atoms with Gasteiger partial charge < -0.3 is 0 Å². The molecule has 7 aromatic carbocycles. The molecular formula is C37H21N3. The van der Waals surface area contributed by atoms with Crippen molar-refractivity contribution in [2.75, 3.05) is 0 Å². The standard InChI is InChI=1S/C37H21N3/c1-2-17-38-32(12-1)37-39-20-27(21-40-37)26-18-25-16-15-24-7-4-10-29-28-9-3-6-22-13-14-23-8-5-11-30(35(23)33(22)28)31(19-26)36(25)34(24)29/h1-21H. The van der Waals surface area contributed by atoms with Crippen LogP contribution in [0.15, 0.2) is 128 Å². The second-order valence-electron chi connectivity index (χ2n) is 10.5. The van der Waals surface area contributed by atoms with Crippen LogP contribution in [0.25, 0.3) is 87.3 Å². The van der Waals surface area contributed by atoms with Gasteiger partial charge in [-0.1, -0.05) is 84.9 Å². The molecule has 2 heterocycles. The van der Waals surface area contributed by atoms with Gasteiger partial charge >= 0.3 is 0 Å². The third-order valence-corrected chi connectivity index (χ3v) is 8.30. The van der Waals surface area contributed by atoms with Crippen molar-refractivity contribution in [1.29, 1.82) is 0 Å². The molecule has 2 aromatic heterocycles. The van der Waals surface area contributed by atoms with Crippen LogP contribution in [0.4, 0.5) is 0 Å². The average Bonchev–Trinajstić information content (AvgIpc) is 3.03. The molecule has 184 valence electrons. The fourth-order valence-corrected chi connectivity index (χ4v) is 6.56. The molecule has 9 rings (SSSR count). The highest BCUT2D eigenvalue weighted by Crippen LogP contribution is 2.44. The van der Waals surface area contributed by atoms with E-state index >= 15 is 0 Å². The van der Waals surface area contributed by atoms with Crippen LogP contribution in [0.3, 0.4) is 0 Å². The predicted molar refractivity (Wildman–Crippen MR) is 167 cm³/mol. The summed E-state index contributed by atoms with van der Waals surface area (Å²) in [4.78, 5) is 13.8. The zero-order chi connectivity index (χ0) is 26.2. The van der Waals surface area contributed by atoms with E-state index in [0.29, 0.717) is 5.82 Å². The van der Waals surface area contributed by atoms with E-state index in [9.17, 15) is 0 Å². The molecular weight excluding hydrogens is 486 g/mol. The smallest absolute Gasteiger partial charge is 0.178 e. The van der Waals surface area contributed by atoms with E-state index in [2.05, 4.69) is 106 Å². The van der Waals surface area contributed by atoms with Gasteiger partial charge in [0, 0.05) is 24.2 Å². The fraction of sp³-hybridized carbons (Fsp3) is 0. The molecule has 0 unspecified atom stereocenters. The Bertz CT molecular complexity index is 2400. The maximum atomic E-state index is 4.68. The van der Waals surface area contributed by atoms with Crippen molar-refractivity contribution in [3.05, 3.63) is 128 Å². The lowest BCUT2D eigenvalue weighted by atomic mass is 9.87. The van der Waals surface area contributed by atoms with Crippen LogP contribution < -0.4 is 0 Å². The number of pyridine rings is 1. The third kappa shape index (κ3) is 2.97. The highest BCUT2D eigenvalue weighted by atomic mass is 14.9. The third-order valence-electron chi connectivity index (χ3n) is 8.30. The summed E-state index contributed by atoms with van der Waals surface area (Å²) in [6.07, 6.45) is 5.60. The van der Waals surface area contributed by atoms with Crippen molar-refractivity contribution in [2.24, 2.45) is 0 Å². The maximum absolute atomic E-state index is 4.68. The first kappa shape index (κ1) is 21.5. The van der Waals surface area contributed by atoms with Gasteiger partial charge in [0.1, 0.15) is 5.69 Å². The zero-order valence-corrected chi connectivity index (χ0v) is 21.5. The van der Waals surface area contributed by atoms with Gasteiger partial charge in [-0.3, -0.25) is 4.98 Å². The molecule has 0 aliphatic heterocycles. The Kier molecular flexibility index (Phi) is 4.33. The molecule has 0 aliphatic rings. The molecule has 3 heteroatoms. The molecule has 0 fully saturated rings. The van der Waals surface area contributed by atoms with E-state index in [1.54, 1.807) is 6.20 Å². The first-order chi connectivity index (χ1) is 19.8. The van der Waals surface area contributed by atoms with E-state index in [1.807, 2.05) is 30.6 Å². The van der Waals surface area contributed by atoms with Gasteiger partial charge in [-0.15, -0.1) is 0 Å². The molecule has 0 aliphatic carbocycles. The Hall–Kier alpha value is -5.41. The first-order valence-electron chi connectivity index (χ1n) is 13.5. The minimum absolute atomic E-state index is 0.628. The van der Waals surface area contributed by atoms with Gasteiger partial charge in [0.05, 0.1) is 0 Å². The molecule has 0 bridgehead atoms. The normalized spacial score (nSPS) is 12.0. The lowest BCUT2D eigenvalue weighted by Crippen LogP contribution is -1.92. The Morgan fingerprint density at radius 3 is 1.50 bits per heavy atom. The first-order valence-corrected chi connectivity index (χ1v) is 13.5. The van der Waals surface area contributed by atoms with Gasteiger partial charge in [-0.05, 0) is 94.5 Å². The maximum Gasteiger partial charge on any atom is 0.178 e. The molecule has 3 nitrogen and oxygen atoms in total. The van der Waals surface area contributed by atoms with E-state index in [0.717, 1.165) is 16.8 Å². The summed E-state index contributed by atoms with van der Waals surface area (Å²) in [5, 5.41) is 15.3. The highest BCUT2D eigenvalue weighted by Gasteiger charge is 2.16. The summed E-state index contributed by atoms with van der Waals surface area (Å²) >= 11 is 0. The molecule has 9 aromatic rings. The quantitative estimate of drug-likeness (QED) is 0.219. The van der Waals surface area contributed by atoms with Crippen molar-refractivity contribution in [3.63, 3.8) is 0 Å². The SMILES string of the molecule is c1ccc(-c2ncc(-c3cc4ccc5cccc6c7cccc8ccc9cccc(c(c3)c4c56)c9c87)cn2)nc1. The number of rotatable bonds is 2. The van der Waals surface area contributed by atoms with Gasteiger partial charge in [-0.2, -0.15) is 0 Å². The van der Waals surface area contributed by atoms with Crippen molar-refractivity contribution < 1.29 is 0 Å². The second-order valence-corrected chi connectivity index (χ2v) is 10.5. The van der Waals surface area contributed by atoms with Gasteiger partial charge in [0.25, 0.3) is 0 Å². The number of hydrogen-bond acceptors (Lipinski definition) is 3. The summed E-state index contributed by atoms with van der Waals surface area (Å²) in [6.45, 7) is 0. The second kappa shape index (κ2) is 8.05. The van der Waals surface area contributed by atoms with Crippen LogP contribution in [0.5, 0.6) is 0 Å². The molecule has 0 saturated carbocycles. The van der Waals surface area contributed by atoms with Crippen LogP contribution in [-0.2, 0) is 0 Å². The largest absolute Gasteiger partial charge is 0.253 e. The van der Waals surface area contributed by atoms with Gasteiger partial charge in [0.2, 0.25) is 0 Å². The summed E-state index contributed by atoms with van der Waals surface area (Å²) in [5.41, 5.74) is 2.86. The fourth-order valence-electron chi connectivity index (χ4n) is 6.56. The van der Waals surface area contributed by atoms with Crippen LogP contribution in [0.2, 0.25) is 0 Å². The Labute approximate surface area is 229 Å². The predicted octanol–water partition coefficient (Wildman–Crippen LogP) is 9.56. The van der Waals surface area contributed by atoms with Crippen LogP contribution >= 0.6 is 0 Å². The van der Waals surface area contributed by atoms with E-state index in [4.69, 9.17) is 0 Å². The van der Waals surface area contributed by atoms with Crippen LogP contribution in [0.1, 0.15) is 0 Å². The minimum Gasteiger partial charge on any atom is -0.253 e. The van der Waals surface area contributed by atoms with Crippen LogP contribution in [0, 0.1) is 0 Å². The summed E-state index contributed by atoms with van der Waals surface area (Å²) in [5.74, 6) is 0.628. The molecule has 0 saturated heterocycles. The topological polar surface area (TPSA) is 38.7 Å². The van der Waals surface area contributed by atoms with E-state index in [1.165, 1.54) is 64.6 Å². The van der Waals surface area contributed by atoms with Crippen molar-refractivity contribution in [2.45, 2.75) is 0 Å². The van der Waals surface area contributed by atoms with E-state index in [-0.39, 0.29) is 0 Å². The molecule has 0 N–H and O–H groups in total. The summed E-state index contributed by atoms with van der Waals surface area (Å²) in [7, 11) is 0. The number of aromatic nitrogens is 3. The van der Waals surface area contributed by atoms with E-state index < -0.39 is 0 Å². The zero-order valence-electron chi connectivity index (χ0n) is 21.5. The summed E-state index contributed by atoms with van der Waals surface area (Å²) in [6, 6.07) is 39.5. The van der Waals surface area contributed by atoms with Crippen molar-refractivity contribution >= 4 is 64.6 Å².